The van der Waals surface area contributed by atoms with Gasteiger partial charge in [-0.3, -0.25) is 9.78 Å². The topological polar surface area (TPSA) is 93.8 Å². The summed E-state index contributed by atoms with van der Waals surface area (Å²) in [6.07, 6.45) is 4.72. The van der Waals surface area contributed by atoms with E-state index in [0.717, 1.165) is 5.56 Å². The lowest BCUT2D eigenvalue weighted by Gasteiger charge is -2.10. The summed E-state index contributed by atoms with van der Waals surface area (Å²) in [5, 5.41) is 2.76. The molecule has 0 radical (unpaired) electrons. The van der Waals surface area contributed by atoms with E-state index in [2.05, 4.69) is 20.3 Å². The Morgan fingerprint density at radius 2 is 2.10 bits per heavy atom. The van der Waals surface area contributed by atoms with Crippen molar-refractivity contribution in [3.8, 4) is 0 Å². The van der Waals surface area contributed by atoms with Crippen molar-refractivity contribution >= 4 is 17.3 Å². The fourth-order valence-corrected chi connectivity index (χ4v) is 1.64. The second-order valence-electron chi connectivity index (χ2n) is 4.83. The highest BCUT2D eigenvalue weighted by Crippen LogP contribution is 2.17. The molecule has 104 valence electrons. The van der Waals surface area contributed by atoms with Crippen LogP contribution in [0.2, 0.25) is 0 Å². The van der Waals surface area contributed by atoms with E-state index in [1.807, 2.05) is 26.8 Å². The molecule has 3 N–H and O–H groups in total. The molecule has 0 aliphatic carbocycles. The maximum Gasteiger partial charge on any atom is 0.276 e. The van der Waals surface area contributed by atoms with E-state index in [-0.39, 0.29) is 23.2 Å². The van der Waals surface area contributed by atoms with Crippen LogP contribution in [0.4, 0.5) is 11.4 Å². The third kappa shape index (κ3) is 2.90. The average Bonchev–Trinajstić information content (AvgIpc) is 2.41. The minimum absolute atomic E-state index is 0.127. The molecule has 0 aromatic carbocycles. The van der Waals surface area contributed by atoms with Crippen molar-refractivity contribution in [1.82, 2.24) is 15.0 Å². The lowest BCUT2D eigenvalue weighted by Crippen LogP contribution is -2.18. The molecule has 2 rings (SSSR count). The minimum atomic E-state index is -0.358. The molecule has 0 spiro atoms. The van der Waals surface area contributed by atoms with Gasteiger partial charge in [0.15, 0.2) is 5.69 Å². The van der Waals surface area contributed by atoms with E-state index in [1.54, 1.807) is 12.4 Å². The van der Waals surface area contributed by atoms with Crippen LogP contribution in [0, 0.1) is 6.92 Å². The molecule has 2 heterocycles. The molecule has 2 aromatic heterocycles. The number of carbonyl (C=O) groups is 1. The number of nitrogens with one attached hydrogen (secondary N) is 1. The van der Waals surface area contributed by atoms with Crippen LogP contribution in [0.15, 0.2) is 24.7 Å². The molecule has 0 fully saturated rings. The number of aryl methyl sites for hydroxylation is 1. The number of hydrogen-bond donors (Lipinski definition) is 2. The highest BCUT2D eigenvalue weighted by atomic mass is 16.1. The summed E-state index contributed by atoms with van der Waals surface area (Å²) in [5.74, 6) is 0.359. The van der Waals surface area contributed by atoms with Gasteiger partial charge in [-0.2, -0.15) is 0 Å². The molecular formula is C14H17N5O. The predicted molar refractivity (Wildman–Crippen MR) is 77.5 cm³/mol. The predicted octanol–water partition coefficient (Wildman–Crippen LogP) is 2.14. The van der Waals surface area contributed by atoms with E-state index >= 15 is 0 Å². The lowest BCUT2D eigenvalue weighted by atomic mass is 10.2. The Bertz CT molecular complexity index is 639. The summed E-state index contributed by atoms with van der Waals surface area (Å²) in [7, 11) is 0. The summed E-state index contributed by atoms with van der Waals surface area (Å²) in [6, 6.07) is 1.82. The minimum Gasteiger partial charge on any atom is -0.396 e. The fraction of sp³-hybridized carbons (Fsp3) is 0.286. The molecule has 0 aliphatic heterocycles. The second-order valence-corrected chi connectivity index (χ2v) is 4.83. The van der Waals surface area contributed by atoms with Gasteiger partial charge in [-0.15, -0.1) is 0 Å². The summed E-state index contributed by atoms with van der Waals surface area (Å²) >= 11 is 0. The summed E-state index contributed by atoms with van der Waals surface area (Å²) in [4.78, 5) is 24.6. The standard InChI is InChI=1S/C14H17N5O/c1-8(2)13-17-6-10(15)12(19-13)14(20)18-11-7-16-5-4-9(11)3/h4-8H,15H2,1-3H3,(H,18,20). The zero-order valence-corrected chi connectivity index (χ0v) is 11.7. The molecule has 0 aliphatic rings. The monoisotopic (exact) mass is 271 g/mol. The molecule has 0 bridgehead atoms. The first-order valence-electron chi connectivity index (χ1n) is 6.33. The number of hydrogen-bond acceptors (Lipinski definition) is 5. The number of nitrogens with zero attached hydrogens (tertiary/aromatic N) is 3. The van der Waals surface area contributed by atoms with Crippen molar-refractivity contribution in [3.05, 3.63) is 41.7 Å². The molecule has 0 saturated heterocycles. The molecule has 0 atom stereocenters. The molecule has 0 unspecified atom stereocenters. The number of aromatic nitrogens is 3. The Morgan fingerprint density at radius 1 is 1.35 bits per heavy atom. The van der Waals surface area contributed by atoms with Crippen molar-refractivity contribution in [1.29, 1.82) is 0 Å². The number of pyridine rings is 1. The number of anilines is 2. The maximum absolute atomic E-state index is 12.3. The number of rotatable bonds is 3. The molecule has 2 aromatic rings. The summed E-state index contributed by atoms with van der Waals surface area (Å²) in [5.41, 5.74) is 7.79. The highest BCUT2D eigenvalue weighted by molar-refractivity contribution is 6.06. The zero-order chi connectivity index (χ0) is 14.7. The molecule has 6 nitrogen and oxygen atoms in total. The van der Waals surface area contributed by atoms with Crippen LogP contribution in [0.1, 0.15) is 41.6 Å². The van der Waals surface area contributed by atoms with Crippen molar-refractivity contribution < 1.29 is 4.79 Å². The van der Waals surface area contributed by atoms with Crippen molar-refractivity contribution in [2.45, 2.75) is 26.7 Å². The Kier molecular flexibility index (Phi) is 3.93. The van der Waals surface area contributed by atoms with Crippen LogP contribution < -0.4 is 11.1 Å². The Balaban J connectivity index is 2.30. The highest BCUT2D eigenvalue weighted by Gasteiger charge is 2.15. The van der Waals surface area contributed by atoms with Crippen molar-refractivity contribution in [2.24, 2.45) is 0 Å². The zero-order valence-electron chi connectivity index (χ0n) is 11.7. The van der Waals surface area contributed by atoms with Crippen LogP contribution in [0.3, 0.4) is 0 Å². The van der Waals surface area contributed by atoms with Gasteiger partial charge < -0.3 is 11.1 Å². The molecule has 0 saturated carbocycles. The molecule has 6 heteroatoms. The van der Waals surface area contributed by atoms with E-state index < -0.39 is 0 Å². The van der Waals surface area contributed by atoms with Crippen LogP contribution >= 0.6 is 0 Å². The van der Waals surface area contributed by atoms with Crippen LogP contribution in [-0.2, 0) is 0 Å². The van der Waals surface area contributed by atoms with E-state index in [0.29, 0.717) is 11.5 Å². The first-order valence-corrected chi connectivity index (χ1v) is 6.33. The van der Waals surface area contributed by atoms with Gasteiger partial charge in [-0.1, -0.05) is 13.8 Å². The van der Waals surface area contributed by atoms with Gasteiger partial charge in [0.1, 0.15) is 5.82 Å². The first kappa shape index (κ1) is 13.9. The first-order chi connectivity index (χ1) is 9.49. The quantitative estimate of drug-likeness (QED) is 0.892. The number of carbonyl (C=O) groups excluding carboxylic acids is 1. The van der Waals surface area contributed by atoms with Crippen LogP contribution in [0.25, 0.3) is 0 Å². The van der Waals surface area contributed by atoms with Crippen LogP contribution in [0.5, 0.6) is 0 Å². The fourth-order valence-electron chi connectivity index (χ4n) is 1.64. The molecule has 20 heavy (non-hydrogen) atoms. The van der Waals surface area contributed by atoms with Gasteiger partial charge in [0.2, 0.25) is 0 Å². The maximum atomic E-state index is 12.3. The van der Waals surface area contributed by atoms with Gasteiger partial charge in [-0.25, -0.2) is 9.97 Å². The molecular weight excluding hydrogens is 254 g/mol. The number of amides is 1. The third-order valence-corrected chi connectivity index (χ3v) is 2.85. The van der Waals surface area contributed by atoms with Gasteiger partial charge in [-0.05, 0) is 18.6 Å². The van der Waals surface area contributed by atoms with E-state index in [9.17, 15) is 4.79 Å². The Morgan fingerprint density at radius 3 is 2.75 bits per heavy atom. The molecule has 1 amide bonds. The van der Waals surface area contributed by atoms with Gasteiger partial charge in [0, 0.05) is 12.1 Å². The normalized spacial score (nSPS) is 10.6. The third-order valence-electron chi connectivity index (χ3n) is 2.85. The van der Waals surface area contributed by atoms with E-state index in [1.165, 1.54) is 6.20 Å². The largest absolute Gasteiger partial charge is 0.396 e. The second kappa shape index (κ2) is 5.64. The van der Waals surface area contributed by atoms with Gasteiger partial charge >= 0.3 is 0 Å². The smallest absolute Gasteiger partial charge is 0.276 e. The summed E-state index contributed by atoms with van der Waals surface area (Å²) < 4.78 is 0. The Hall–Kier alpha value is -2.50. The van der Waals surface area contributed by atoms with Crippen LogP contribution in [-0.4, -0.2) is 20.9 Å². The average molecular weight is 271 g/mol. The number of nitrogen functional groups attached to an aromatic ring is 1. The SMILES string of the molecule is Cc1ccncc1NC(=O)c1nc(C(C)C)ncc1N. The lowest BCUT2D eigenvalue weighted by molar-refractivity contribution is 0.102. The summed E-state index contributed by atoms with van der Waals surface area (Å²) in [6.45, 7) is 5.80. The van der Waals surface area contributed by atoms with Crippen molar-refractivity contribution in [2.75, 3.05) is 11.1 Å². The number of nitrogens with two attached hydrogens (primary N) is 1. The van der Waals surface area contributed by atoms with Gasteiger partial charge in [0.05, 0.1) is 23.8 Å². The van der Waals surface area contributed by atoms with Crippen molar-refractivity contribution in [3.63, 3.8) is 0 Å². The van der Waals surface area contributed by atoms with E-state index in [4.69, 9.17) is 5.73 Å². The van der Waals surface area contributed by atoms with Gasteiger partial charge in [0.25, 0.3) is 5.91 Å². The Labute approximate surface area is 117 Å².